The van der Waals surface area contributed by atoms with Gasteiger partial charge >= 0.3 is 13.7 Å². The molecule has 1 aliphatic heterocycles. The summed E-state index contributed by atoms with van der Waals surface area (Å²) >= 11 is 12.0. The van der Waals surface area contributed by atoms with Crippen molar-refractivity contribution in [3.05, 3.63) is 70.2 Å². The van der Waals surface area contributed by atoms with E-state index in [1.807, 2.05) is 0 Å². The molecule has 4 aromatic rings. The Morgan fingerprint density at radius 2 is 1.90 bits per heavy atom. The van der Waals surface area contributed by atoms with E-state index in [1.54, 1.807) is 0 Å². The van der Waals surface area contributed by atoms with Crippen LogP contribution in [0.1, 0.15) is 32.6 Å². The molecule has 0 saturated carbocycles. The van der Waals surface area contributed by atoms with Gasteiger partial charge in [0.1, 0.15) is 35.4 Å². The minimum absolute atomic E-state index is 0.0151. The lowest BCUT2D eigenvalue weighted by molar-refractivity contribution is -0.152. The summed E-state index contributed by atoms with van der Waals surface area (Å²) in [5.74, 6) is -2.16. The second-order valence-electron chi connectivity index (χ2n) is 12.3. The van der Waals surface area contributed by atoms with Gasteiger partial charge < -0.3 is 29.9 Å². The topological polar surface area (TPSA) is 243 Å². The van der Waals surface area contributed by atoms with Crippen LogP contribution in [0.4, 0.5) is 16.2 Å². The number of carbonyl (C=O) groups is 1. The number of hydrogen-bond acceptors (Lipinski definition) is 15. The maximum atomic E-state index is 14.5. The number of nitrogen functional groups attached to an aromatic ring is 1. The Labute approximate surface area is 306 Å². The van der Waals surface area contributed by atoms with Crippen molar-refractivity contribution < 1.29 is 50.9 Å². The van der Waals surface area contributed by atoms with Crippen molar-refractivity contribution in [3.8, 4) is 5.75 Å². The number of carbonyl (C=O) groups excluding carboxylic acids is 1. The maximum Gasteiger partial charge on any atom is 0.462 e. The fourth-order valence-corrected chi connectivity index (χ4v) is 7.71. The quantitative estimate of drug-likeness (QED) is 0.0741. The van der Waals surface area contributed by atoms with E-state index in [0.717, 1.165) is 23.7 Å². The van der Waals surface area contributed by atoms with E-state index in [0.29, 0.717) is 5.02 Å². The molecule has 0 radical (unpaired) electrons. The fraction of sp³-hybridized carbons (Fsp3) is 0.379. The largest absolute Gasteiger partial charge is 0.462 e. The molecule has 3 unspecified atom stereocenters. The number of aliphatic hydroxyl groups excluding tert-OH is 1. The number of ether oxygens (including phenoxy) is 2. The van der Waals surface area contributed by atoms with Crippen LogP contribution in [-0.4, -0.2) is 81.0 Å². The molecule has 2 aromatic heterocycles. The lowest BCUT2D eigenvalue weighted by Crippen LogP contribution is -2.48. The van der Waals surface area contributed by atoms with Crippen molar-refractivity contribution >= 4 is 69.9 Å². The smallest absolute Gasteiger partial charge is 0.459 e. The van der Waals surface area contributed by atoms with Crippen molar-refractivity contribution in [1.82, 2.24) is 29.4 Å². The van der Waals surface area contributed by atoms with Crippen molar-refractivity contribution in [2.24, 2.45) is 0 Å². The van der Waals surface area contributed by atoms with Gasteiger partial charge in [-0.15, -0.1) is 4.83 Å². The molecule has 6 N–H and O–H groups in total. The minimum atomic E-state index is -4.82. The molecule has 0 aliphatic carbocycles. The Hall–Kier alpha value is -3.69. The molecule has 5 rings (SSSR count). The highest BCUT2D eigenvalue weighted by atomic mass is 35.5. The number of hydrogen-bond donors (Lipinski definition) is 5. The maximum absolute atomic E-state index is 14.5. The number of anilines is 2. The van der Waals surface area contributed by atoms with Crippen LogP contribution in [0.15, 0.2) is 48.8 Å². The number of hydrazine groups is 1. The highest BCUT2D eigenvalue weighted by Crippen LogP contribution is 2.52. The number of rotatable bonds is 13. The summed E-state index contributed by atoms with van der Waals surface area (Å²) in [4.78, 5) is 27.9. The number of sulfonamides is 1. The van der Waals surface area contributed by atoms with Gasteiger partial charge in [0.05, 0.1) is 17.6 Å². The predicted molar refractivity (Wildman–Crippen MR) is 186 cm³/mol. The molecule has 5 atom stereocenters. The average molecular weight is 808 g/mol. The van der Waals surface area contributed by atoms with E-state index in [9.17, 15) is 32.4 Å². The van der Waals surface area contributed by atoms with E-state index in [2.05, 4.69) is 24.9 Å². The molecule has 1 fully saturated rings. The molecule has 18 nitrogen and oxygen atoms in total. The molecule has 23 heteroatoms. The number of aliphatic hydroxyl groups is 2. The molecular weight excluding hydrogens is 773 g/mol. The molecule has 0 bridgehead atoms. The number of benzene rings is 2. The number of fused-ring (bicyclic) bond motifs is 1. The number of aromatic nitrogens is 4. The first-order valence-electron chi connectivity index (χ1n) is 15.0. The minimum Gasteiger partial charge on any atom is -0.459 e. The van der Waals surface area contributed by atoms with E-state index in [4.69, 9.17) is 47.5 Å². The summed E-state index contributed by atoms with van der Waals surface area (Å²) in [6.45, 7) is 3.18. The van der Waals surface area contributed by atoms with Crippen molar-refractivity contribution in [2.45, 2.75) is 57.1 Å². The number of halogens is 3. The molecule has 1 saturated heterocycles. The Morgan fingerprint density at radius 1 is 1.23 bits per heavy atom. The van der Waals surface area contributed by atoms with Gasteiger partial charge in [-0.3, -0.25) is 18.9 Å². The van der Waals surface area contributed by atoms with Crippen LogP contribution in [0.2, 0.25) is 10.0 Å². The van der Waals surface area contributed by atoms with Crippen molar-refractivity contribution in [2.75, 3.05) is 24.0 Å². The van der Waals surface area contributed by atoms with Crippen LogP contribution in [0.5, 0.6) is 5.75 Å². The molecule has 52 heavy (non-hydrogen) atoms. The average Bonchev–Trinajstić information content (AvgIpc) is 3.53. The molecule has 0 spiro atoms. The SMILES string of the molecule is CN(NS(C)(=O)=O)c1nc(N)nc2c1ncn2[C@@H]1OC(OP(=O)(NC(C)(C)C(=O)OCc2c(F)cccc2Cl)Oc2ccc(Cl)cc2)C(O)[C@@]1(C)O. The summed E-state index contributed by atoms with van der Waals surface area (Å²) in [5.41, 5.74) is 1.70. The lowest BCUT2D eigenvalue weighted by Gasteiger charge is -2.31. The summed E-state index contributed by atoms with van der Waals surface area (Å²) < 4.78 is 76.4. The third-order valence-electron chi connectivity index (χ3n) is 7.53. The number of imidazole rings is 1. The molecule has 282 valence electrons. The van der Waals surface area contributed by atoms with Gasteiger partial charge in [-0.25, -0.2) is 22.4 Å². The van der Waals surface area contributed by atoms with E-state index < -0.39 is 65.9 Å². The van der Waals surface area contributed by atoms with Gasteiger partial charge in [0, 0.05) is 17.6 Å². The highest BCUT2D eigenvalue weighted by molar-refractivity contribution is 7.88. The van der Waals surface area contributed by atoms with Gasteiger partial charge in [-0.1, -0.05) is 29.3 Å². The number of esters is 1. The van der Waals surface area contributed by atoms with Gasteiger partial charge in [0.2, 0.25) is 22.3 Å². The van der Waals surface area contributed by atoms with E-state index in [-0.39, 0.29) is 39.3 Å². The van der Waals surface area contributed by atoms with Gasteiger partial charge in [-0.05, 0) is 57.2 Å². The van der Waals surface area contributed by atoms with E-state index in [1.165, 1.54) is 68.8 Å². The predicted octanol–water partition coefficient (Wildman–Crippen LogP) is 3.04. The van der Waals surface area contributed by atoms with Crippen LogP contribution in [0.3, 0.4) is 0 Å². The van der Waals surface area contributed by atoms with Crippen LogP contribution in [-0.2, 0) is 40.0 Å². The first-order chi connectivity index (χ1) is 24.1. The van der Waals surface area contributed by atoms with Gasteiger partial charge in [0.15, 0.2) is 23.2 Å². The second kappa shape index (κ2) is 14.6. The zero-order valence-corrected chi connectivity index (χ0v) is 31.2. The van der Waals surface area contributed by atoms with Crippen LogP contribution < -0.4 is 25.2 Å². The third kappa shape index (κ3) is 8.57. The summed E-state index contributed by atoms with van der Waals surface area (Å²) in [7, 11) is -7.23. The zero-order valence-electron chi connectivity index (χ0n) is 28.0. The van der Waals surface area contributed by atoms with Crippen molar-refractivity contribution in [1.29, 1.82) is 0 Å². The number of nitrogens with one attached hydrogen (secondary N) is 2. The Bertz CT molecular complexity index is 2120. The Balaban J connectivity index is 1.44. The molecule has 0 amide bonds. The number of nitrogens with zero attached hydrogens (tertiary/aromatic N) is 5. The summed E-state index contributed by atoms with van der Waals surface area (Å²) in [6, 6.07) is 9.49. The highest BCUT2D eigenvalue weighted by Gasteiger charge is 2.57. The van der Waals surface area contributed by atoms with Crippen molar-refractivity contribution in [3.63, 3.8) is 0 Å². The van der Waals surface area contributed by atoms with Crippen LogP contribution in [0.25, 0.3) is 11.2 Å². The number of nitrogens with two attached hydrogens (primary N) is 1. The van der Waals surface area contributed by atoms with Crippen LogP contribution >= 0.6 is 30.9 Å². The normalized spacial score (nSPS) is 21.9. The second-order valence-corrected chi connectivity index (χ2v) is 16.5. The Kier molecular flexibility index (Phi) is 11.1. The van der Waals surface area contributed by atoms with Gasteiger partial charge in [-0.2, -0.15) is 15.1 Å². The first kappa shape index (κ1) is 39.5. The third-order valence-corrected chi connectivity index (χ3v) is 10.5. The fourth-order valence-electron chi connectivity index (χ4n) is 5.02. The summed E-state index contributed by atoms with van der Waals surface area (Å²) in [5, 5.41) is 26.7. The summed E-state index contributed by atoms with van der Waals surface area (Å²) in [6.07, 6.45) is -3.33. The van der Waals surface area contributed by atoms with E-state index >= 15 is 0 Å². The zero-order chi connectivity index (χ0) is 38.4. The monoisotopic (exact) mass is 806 g/mol. The molecular formula is C29H34Cl2FN8O10PS. The standard InChI is InChI=1S/C29H34Cl2FN8O10PS/c1-28(2,26(42)47-13-17-18(31)7-6-8-19(17)32)37-51(44,49-16-11-9-15(30)10-12-16)50-24-21(41)29(3,43)25(48-24)40-14-34-20-22(35-27(33)36-23(20)40)39(4)38-52(5,45)46/h6-12,14,21,24-25,38,41,43H,13H2,1-5H3,(H,37,44)(H2,33,35,36)/t21?,24?,25-,29-,51?/m1/s1. The van der Waals surface area contributed by atoms with Crippen LogP contribution in [0, 0.1) is 5.82 Å². The molecule has 1 aliphatic rings. The lowest BCUT2D eigenvalue weighted by atomic mass is 9.99. The van der Waals surface area contributed by atoms with Gasteiger partial charge in [0.25, 0.3) is 0 Å². The Morgan fingerprint density at radius 3 is 2.54 bits per heavy atom. The molecule has 3 heterocycles. The first-order valence-corrected chi connectivity index (χ1v) is 19.2. The molecule has 2 aromatic carbocycles.